The third-order valence-corrected chi connectivity index (χ3v) is 2.68. The molecule has 124 valence electrons. The average Bonchev–Trinajstić information content (AvgIpc) is 2.54. The molecule has 1 amide bonds. The van der Waals surface area contributed by atoms with E-state index in [0.717, 1.165) is 0 Å². The Kier molecular flexibility index (Phi) is 5.18. The Morgan fingerprint density at radius 2 is 1.96 bits per heavy atom. The summed E-state index contributed by atoms with van der Waals surface area (Å²) in [7, 11) is 0. The van der Waals surface area contributed by atoms with E-state index >= 15 is 0 Å². The molecule has 24 heavy (non-hydrogen) atoms. The quantitative estimate of drug-likeness (QED) is 0.331. The van der Waals surface area contributed by atoms with E-state index in [1.54, 1.807) is 0 Å². The summed E-state index contributed by atoms with van der Waals surface area (Å²) in [6.45, 7) is -0.302. The van der Waals surface area contributed by atoms with Crippen LogP contribution in [0, 0.1) is 0 Å². The van der Waals surface area contributed by atoms with Crippen LogP contribution in [0.5, 0.6) is 0 Å². The highest BCUT2D eigenvalue weighted by molar-refractivity contribution is 5.88. The van der Waals surface area contributed by atoms with E-state index in [9.17, 15) is 24.3 Å². The highest BCUT2D eigenvalue weighted by atomic mass is 16.4. The number of hydrogen-bond acceptors (Lipinski definition) is 8. The number of hydrogen-bond donors (Lipinski definition) is 4. The molecule has 0 saturated heterocycles. The first kappa shape index (κ1) is 16.6. The zero-order valence-corrected chi connectivity index (χ0v) is 12.0. The van der Waals surface area contributed by atoms with Gasteiger partial charge in [0.2, 0.25) is 5.82 Å². The molecule has 1 aromatic carbocycles. The predicted molar refractivity (Wildman–Crippen MR) is 80.5 cm³/mol. The number of benzene rings is 1. The van der Waals surface area contributed by atoms with Gasteiger partial charge in [-0.25, -0.2) is 15.3 Å². The van der Waals surface area contributed by atoms with Gasteiger partial charge in [-0.15, -0.1) is 5.10 Å². The van der Waals surface area contributed by atoms with Gasteiger partial charge in [-0.2, -0.15) is 5.10 Å². The second-order valence-electron chi connectivity index (χ2n) is 4.41. The molecule has 0 spiro atoms. The molecular formula is C13H11N6O5-. The minimum Gasteiger partial charge on any atom is -0.545 e. The first-order valence-electron chi connectivity index (χ1n) is 6.52. The fraction of sp³-hybridized carbons (Fsp3) is 0.0769. The molecule has 0 radical (unpaired) electrons. The smallest absolute Gasteiger partial charge is 0.342 e. The van der Waals surface area contributed by atoms with Gasteiger partial charge in [0.25, 0.3) is 11.5 Å². The van der Waals surface area contributed by atoms with Crippen LogP contribution in [0.4, 0.5) is 5.82 Å². The minimum atomic E-state index is -1.29. The minimum absolute atomic E-state index is 0.0269. The van der Waals surface area contributed by atoms with Gasteiger partial charge in [0.15, 0.2) is 0 Å². The zero-order chi connectivity index (χ0) is 17.5. The first-order valence-corrected chi connectivity index (χ1v) is 6.52. The van der Waals surface area contributed by atoms with E-state index < -0.39 is 23.1 Å². The number of amides is 1. The lowest BCUT2D eigenvalue weighted by molar-refractivity contribution is -0.255. The van der Waals surface area contributed by atoms with Crippen LogP contribution in [0.15, 0.2) is 39.0 Å². The van der Waals surface area contributed by atoms with Crippen LogP contribution in [-0.2, 0) is 4.79 Å². The number of H-pyrrole nitrogens is 2. The van der Waals surface area contributed by atoms with Crippen molar-refractivity contribution in [2.75, 3.05) is 11.9 Å². The number of nitrogens with one attached hydrogen (secondary N) is 4. The fourth-order valence-corrected chi connectivity index (χ4v) is 1.56. The van der Waals surface area contributed by atoms with E-state index in [-0.39, 0.29) is 17.9 Å². The van der Waals surface area contributed by atoms with E-state index in [1.165, 1.54) is 30.5 Å². The highest BCUT2D eigenvalue weighted by Gasteiger charge is 2.04. The van der Waals surface area contributed by atoms with Crippen molar-refractivity contribution < 1.29 is 14.7 Å². The Balaban J connectivity index is 1.85. The SMILES string of the molecule is O=C(CNc1n[nH]c(=O)[nH]c1=O)N/N=C\c1ccc(C(=O)[O-])cc1. The van der Waals surface area contributed by atoms with Crippen molar-refractivity contribution in [1.29, 1.82) is 0 Å². The number of aromatic amines is 2. The van der Waals surface area contributed by atoms with Crippen molar-refractivity contribution in [3.05, 3.63) is 56.2 Å². The third kappa shape index (κ3) is 4.62. The molecule has 2 aromatic rings. The molecule has 0 aliphatic carbocycles. The van der Waals surface area contributed by atoms with Gasteiger partial charge < -0.3 is 15.2 Å². The second-order valence-corrected chi connectivity index (χ2v) is 4.41. The van der Waals surface area contributed by atoms with Crippen molar-refractivity contribution >= 4 is 23.9 Å². The number of aromatic carboxylic acids is 1. The van der Waals surface area contributed by atoms with Gasteiger partial charge in [-0.1, -0.05) is 24.3 Å². The lowest BCUT2D eigenvalue weighted by Gasteiger charge is -2.03. The molecule has 0 fully saturated rings. The van der Waals surface area contributed by atoms with Gasteiger partial charge in [-0.05, 0) is 11.1 Å². The van der Waals surface area contributed by atoms with Crippen molar-refractivity contribution in [1.82, 2.24) is 20.6 Å². The maximum Gasteiger partial charge on any atom is 0.342 e. The van der Waals surface area contributed by atoms with Gasteiger partial charge in [0.1, 0.15) is 0 Å². The van der Waals surface area contributed by atoms with E-state index in [0.29, 0.717) is 5.56 Å². The number of rotatable bonds is 6. The highest BCUT2D eigenvalue weighted by Crippen LogP contribution is 2.01. The van der Waals surface area contributed by atoms with Crippen LogP contribution >= 0.6 is 0 Å². The summed E-state index contributed by atoms with van der Waals surface area (Å²) in [5.74, 6) is -2.07. The van der Waals surface area contributed by atoms with Crippen LogP contribution < -0.4 is 27.1 Å². The van der Waals surface area contributed by atoms with Gasteiger partial charge in [-0.3, -0.25) is 14.6 Å². The number of carboxylic acid groups (broad SMARTS) is 1. The summed E-state index contributed by atoms with van der Waals surface area (Å²) in [6.07, 6.45) is 1.31. The number of nitrogens with zero attached hydrogens (tertiary/aromatic N) is 2. The molecule has 2 rings (SSSR count). The number of carbonyl (C=O) groups excluding carboxylic acids is 2. The summed E-state index contributed by atoms with van der Waals surface area (Å²) in [4.78, 5) is 46.2. The fourth-order valence-electron chi connectivity index (χ4n) is 1.56. The molecule has 11 nitrogen and oxygen atoms in total. The van der Waals surface area contributed by atoms with Crippen LogP contribution in [0.3, 0.4) is 0 Å². The third-order valence-electron chi connectivity index (χ3n) is 2.68. The molecular weight excluding hydrogens is 320 g/mol. The topological polar surface area (TPSA) is 172 Å². The lowest BCUT2D eigenvalue weighted by Crippen LogP contribution is -2.31. The number of carboxylic acids is 1. The van der Waals surface area contributed by atoms with Crippen molar-refractivity contribution in [2.24, 2.45) is 5.10 Å². The molecule has 0 aliphatic rings. The molecule has 0 bridgehead atoms. The summed E-state index contributed by atoms with van der Waals surface area (Å²) in [5, 5.41) is 22.1. The van der Waals surface area contributed by atoms with Gasteiger partial charge >= 0.3 is 5.69 Å². The van der Waals surface area contributed by atoms with Crippen LogP contribution in [0.25, 0.3) is 0 Å². The summed E-state index contributed by atoms with van der Waals surface area (Å²) < 4.78 is 0. The number of anilines is 1. The van der Waals surface area contributed by atoms with Gasteiger partial charge in [0, 0.05) is 0 Å². The Morgan fingerprint density at radius 1 is 1.25 bits per heavy atom. The van der Waals surface area contributed by atoms with E-state index in [2.05, 4.69) is 20.9 Å². The number of hydrazone groups is 1. The maximum absolute atomic E-state index is 11.5. The van der Waals surface area contributed by atoms with Crippen molar-refractivity contribution in [2.45, 2.75) is 0 Å². The zero-order valence-electron chi connectivity index (χ0n) is 12.0. The largest absolute Gasteiger partial charge is 0.545 e. The average molecular weight is 331 g/mol. The molecule has 1 aromatic heterocycles. The lowest BCUT2D eigenvalue weighted by atomic mass is 10.1. The number of carbonyl (C=O) groups is 2. The van der Waals surface area contributed by atoms with E-state index in [1.807, 2.05) is 10.1 Å². The summed E-state index contributed by atoms with van der Waals surface area (Å²) in [6, 6.07) is 5.66. The molecule has 11 heteroatoms. The molecule has 0 unspecified atom stereocenters. The maximum atomic E-state index is 11.5. The molecule has 0 aliphatic heterocycles. The second kappa shape index (κ2) is 7.49. The Morgan fingerprint density at radius 3 is 2.58 bits per heavy atom. The van der Waals surface area contributed by atoms with Crippen LogP contribution in [-0.4, -0.2) is 39.8 Å². The Labute approximate surface area is 133 Å². The van der Waals surface area contributed by atoms with Crippen molar-refractivity contribution in [3.8, 4) is 0 Å². The summed E-state index contributed by atoms with van der Waals surface area (Å²) >= 11 is 0. The van der Waals surface area contributed by atoms with Crippen molar-refractivity contribution in [3.63, 3.8) is 0 Å². The number of aromatic nitrogens is 3. The summed E-state index contributed by atoms with van der Waals surface area (Å²) in [5.41, 5.74) is 1.26. The van der Waals surface area contributed by atoms with Crippen LogP contribution in [0.2, 0.25) is 0 Å². The first-order chi connectivity index (χ1) is 11.5. The molecule has 1 heterocycles. The van der Waals surface area contributed by atoms with E-state index in [4.69, 9.17) is 0 Å². The Bertz CT molecular complexity index is 883. The molecule has 0 atom stereocenters. The normalized spacial score (nSPS) is 10.5. The van der Waals surface area contributed by atoms with Crippen LogP contribution in [0.1, 0.15) is 15.9 Å². The predicted octanol–water partition coefficient (Wildman–Crippen LogP) is -2.62. The molecule has 0 saturated carbocycles. The molecule has 4 N–H and O–H groups in total. The van der Waals surface area contributed by atoms with Gasteiger partial charge in [0.05, 0.1) is 18.7 Å². The monoisotopic (exact) mass is 331 g/mol. The standard InChI is InChI=1S/C13H12N6O5/c20-9(6-14-10-11(21)16-13(24)19-18-10)17-15-5-7-1-3-8(4-2-7)12(22)23/h1-5H,6H2,(H,14,18)(H,17,20)(H,22,23)(H2,16,19,21,24)/p-1/b15-5-. The Hall–Kier alpha value is -3.76.